The van der Waals surface area contributed by atoms with Crippen molar-refractivity contribution >= 4 is 0 Å². The lowest BCUT2D eigenvalue weighted by atomic mass is 10.3. The van der Waals surface area contributed by atoms with Crippen LogP contribution in [0.25, 0.3) is 0 Å². The zero-order chi connectivity index (χ0) is 5.35. The van der Waals surface area contributed by atoms with E-state index in [1.54, 1.807) is 16.7 Å². The molecule has 3 aliphatic carbocycles. The van der Waals surface area contributed by atoms with E-state index in [-0.39, 0.29) is 0 Å². The van der Waals surface area contributed by atoms with Gasteiger partial charge < -0.3 is 0 Å². The van der Waals surface area contributed by atoms with Crippen LogP contribution < -0.4 is 0 Å². The van der Waals surface area contributed by atoms with Gasteiger partial charge >= 0.3 is 0 Å². The van der Waals surface area contributed by atoms with Crippen molar-refractivity contribution in [1.82, 2.24) is 0 Å². The van der Waals surface area contributed by atoms with Gasteiger partial charge in [-0.15, -0.1) is 0 Å². The van der Waals surface area contributed by atoms with Gasteiger partial charge in [-0.05, 0) is 19.8 Å². The Morgan fingerprint density at radius 1 is 1.50 bits per heavy atom. The summed E-state index contributed by atoms with van der Waals surface area (Å²) < 4.78 is 0. The monoisotopic (exact) mass is 104 g/mol. The van der Waals surface area contributed by atoms with E-state index in [9.17, 15) is 0 Å². The van der Waals surface area contributed by atoms with Crippen LogP contribution in [0.1, 0.15) is 19.8 Å². The van der Waals surface area contributed by atoms with Gasteiger partial charge in [-0.3, -0.25) is 0 Å². The molecule has 1 atom stereocenters. The van der Waals surface area contributed by atoms with E-state index in [0.717, 1.165) is 5.41 Å². The molecule has 1 spiro atoms. The molecule has 0 aromatic rings. The maximum absolute atomic E-state index is 2.37. The molecule has 0 bridgehead atoms. The molecule has 0 heterocycles. The van der Waals surface area contributed by atoms with Crippen LogP contribution in [0.3, 0.4) is 0 Å². The fourth-order valence-corrected chi connectivity index (χ4v) is 2.07. The molecule has 0 heteroatoms. The minimum absolute atomic E-state index is 0.740. The second-order valence-corrected chi connectivity index (χ2v) is 3.27. The fourth-order valence-electron chi connectivity index (χ4n) is 2.07. The molecule has 3 aliphatic rings. The number of hydrogen-bond acceptors (Lipinski definition) is 0. The van der Waals surface area contributed by atoms with E-state index < -0.39 is 0 Å². The fraction of sp³-hybridized carbons (Fsp3) is 0.500. The summed E-state index contributed by atoms with van der Waals surface area (Å²) in [6.07, 6.45) is 5.21. The smallest absolute Gasteiger partial charge is 0.0205 e. The van der Waals surface area contributed by atoms with Gasteiger partial charge in [0.1, 0.15) is 0 Å². The first-order chi connectivity index (χ1) is 3.83. The van der Waals surface area contributed by atoms with Crippen molar-refractivity contribution in [3.05, 3.63) is 22.8 Å². The molecule has 2 saturated carbocycles. The summed E-state index contributed by atoms with van der Waals surface area (Å²) in [5.74, 6) is 0. The van der Waals surface area contributed by atoms with Gasteiger partial charge in [-0.2, -0.15) is 0 Å². The maximum Gasteiger partial charge on any atom is 0.0205 e. The molecule has 0 aromatic heterocycles. The Labute approximate surface area is 48.9 Å². The predicted octanol–water partition coefficient (Wildman–Crippen LogP) is 2.04. The van der Waals surface area contributed by atoms with Crippen LogP contribution in [0.5, 0.6) is 0 Å². The zero-order valence-corrected chi connectivity index (χ0v) is 4.99. The van der Waals surface area contributed by atoms with Gasteiger partial charge in [0.2, 0.25) is 0 Å². The second-order valence-electron chi connectivity index (χ2n) is 3.27. The van der Waals surface area contributed by atoms with Gasteiger partial charge in [-0.1, -0.05) is 22.8 Å². The normalized spacial score (nSPS) is 45.9. The standard InChI is InChI=1S/C8H8/c1-5-2-6-3-8(6)4-7(5)8/h2H,3-4H2,1H3. The summed E-state index contributed by atoms with van der Waals surface area (Å²) >= 11 is 0. The molecule has 1 unspecified atom stereocenters. The lowest BCUT2D eigenvalue weighted by Gasteiger charge is -1.80. The number of rotatable bonds is 0. The van der Waals surface area contributed by atoms with Crippen LogP contribution >= 0.6 is 0 Å². The van der Waals surface area contributed by atoms with Crippen LogP contribution in [0, 0.1) is 5.41 Å². The van der Waals surface area contributed by atoms with Crippen molar-refractivity contribution in [2.75, 3.05) is 0 Å². The van der Waals surface area contributed by atoms with Crippen LogP contribution in [0.2, 0.25) is 0 Å². The Morgan fingerprint density at radius 2 is 2.38 bits per heavy atom. The lowest BCUT2D eigenvalue weighted by Crippen LogP contribution is -1.61. The molecule has 0 aliphatic heterocycles. The summed E-state index contributed by atoms with van der Waals surface area (Å²) in [7, 11) is 0. The first-order valence-corrected chi connectivity index (χ1v) is 3.24. The predicted molar refractivity (Wildman–Crippen MR) is 32.4 cm³/mol. The Bertz CT molecular complexity index is 243. The minimum Gasteiger partial charge on any atom is -0.0592 e. The maximum atomic E-state index is 2.37. The Balaban J connectivity index is 2.36. The average molecular weight is 104 g/mol. The highest BCUT2D eigenvalue weighted by Gasteiger charge is 2.66. The molecular formula is C8H8. The quantitative estimate of drug-likeness (QED) is 0.441. The molecule has 2 fully saturated rings. The summed E-state index contributed by atoms with van der Waals surface area (Å²) in [5, 5.41) is 0. The van der Waals surface area contributed by atoms with E-state index in [4.69, 9.17) is 0 Å². The molecule has 40 valence electrons. The molecule has 0 aromatic carbocycles. The summed E-state index contributed by atoms with van der Waals surface area (Å²) in [6.45, 7) is 2.24. The van der Waals surface area contributed by atoms with E-state index in [2.05, 4.69) is 13.0 Å². The molecule has 0 N–H and O–H groups in total. The van der Waals surface area contributed by atoms with E-state index in [1.807, 2.05) is 0 Å². The van der Waals surface area contributed by atoms with Gasteiger partial charge in [-0.25, -0.2) is 0 Å². The highest BCUT2D eigenvalue weighted by atomic mass is 14.7. The Morgan fingerprint density at radius 3 is 2.62 bits per heavy atom. The van der Waals surface area contributed by atoms with Crippen molar-refractivity contribution in [2.45, 2.75) is 19.8 Å². The van der Waals surface area contributed by atoms with Crippen LogP contribution in [-0.4, -0.2) is 0 Å². The molecule has 0 saturated heterocycles. The highest BCUT2D eigenvalue weighted by molar-refractivity contribution is 5.67. The number of hydrogen-bond donors (Lipinski definition) is 0. The first kappa shape index (κ1) is 3.49. The van der Waals surface area contributed by atoms with E-state index >= 15 is 0 Å². The van der Waals surface area contributed by atoms with Crippen LogP contribution in [0.15, 0.2) is 22.8 Å². The van der Waals surface area contributed by atoms with Crippen LogP contribution in [-0.2, 0) is 0 Å². The van der Waals surface area contributed by atoms with E-state index in [1.165, 1.54) is 12.8 Å². The highest BCUT2D eigenvalue weighted by Crippen LogP contribution is 2.78. The zero-order valence-electron chi connectivity index (χ0n) is 4.99. The number of allylic oxidation sites excluding steroid dienone is 4. The molecule has 0 nitrogen and oxygen atoms in total. The third-order valence-electron chi connectivity index (χ3n) is 2.78. The van der Waals surface area contributed by atoms with Crippen molar-refractivity contribution in [2.24, 2.45) is 5.41 Å². The molecule has 8 heavy (non-hydrogen) atoms. The summed E-state index contributed by atoms with van der Waals surface area (Å²) in [5.41, 5.74) is 5.80. The molecular weight excluding hydrogens is 96.1 g/mol. The lowest BCUT2D eigenvalue weighted by molar-refractivity contribution is 0.982. The van der Waals surface area contributed by atoms with Crippen molar-refractivity contribution in [1.29, 1.82) is 0 Å². The van der Waals surface area contributed by atoms with Gasteiger partial charge in [0.15, 0.2) is 0 Å². The topological polar surface area (TPSA) is 0 Å². The largest absolute Gasteiger partial charge is 0.0592 e. The molecule has 3 rings (SSSR count). The average Bonchev–Trinajstić information content (AvgIpc) is 2.51. The second kappa shape index (κ2) is 0.637. The van der Waals surface area contributed by atoms with Crippen molar-refractivity contribution < 1.29 is 0 Å². The summed E-state index contributed by atoms with van der Waals surface area (Å²) in [4.78, 5) is 0. The van der Waals surface area contributed by atoms with Gasteiger partial charge in [0.05, 0.1) is 0 Å². The third-order valence-corrected chi connectivity index (χ3v) is 2.78. The van der Waals surface area contributed by atoms with Crippen LogP contribution in [0.4, 0.5) is 0 Å². The molecule has 0 amide bonds. The first-order valence-electron chi connectivity index (χ1n) is 3.24. The SMILES string of the molecule is CC1=C2CC23CC3=C1. The van der Waals surface area contributed by atoms with E-state index in [0.29, 0.717) is 0 Å². The van der Waals surface area contributed by atoms with Gasteiger partial charge in [0, 0.05) is 5.41 Å². The molecule has 0 radical (unpaired) electrons. The minimum atomic E-state index is 0.740. The third kappa shape index (κ3) is 0.169. The Hall–Kier alpha value is -0.520. The Kier molecular flexibility index (Phi) is 0.278. The van der Waals surface area contributed by atoms with Crippen molar-refractivity contribution in [3.63, 3.8) is 0 Å². The van der Waals surface area contributed by atoms with Gasteiger partial charge in [0.25, 0.3) is 0 Å². The summed E-state index contributed by atoms with van der Waals surface area (Å²) in [6, 6.07) is 0. The van der Waals surface area contributed by atoms with Crippen molar-refractivity contribution in [3.8, 4) is 0 Å².